The van der Waals surface area contributed by atoms with Crippen molar-refractivity contribution in [1.82, 2.24) is 0 Å². The van der Waals surface area contributed by atoms with Crippen molar-refractivity contribution >= 4 is 10.8 Å². The van der Waals surface area contributed by atoms with Crippen LogP contribution in [0, 0.1) is 0 Å². The lowest BCUT2D eigenvalue weighted by molar-refractivity contribution is -0.156. The molecule has 92 valence electrons. The van der Waals surface area contributed by atoms with Gasteiger partial charge in [0.15, 0.2) is 0 Å². The van der Waals surface area contributed by atoms with Gasteiger partial charge in [0.25, 0.3) is 0 Å². The van der Waals surface area contributed by atoms with Gasteiger partial charge in [-0.2, -0.15) is 0 Å². The van der Waals surface area contributed by atoms with Gasteiger partial charge >= 0.3 is 0 Å². The lowest BCUT2D eigenvalue weighted by atomic mass is 9.79. The van der Waals surface area contributed by atoms with Crippen LogP contribution in [-0.4, -0.2) is 10.9 Å². The van der Waals surface area contributed by atoms with Gasteiger partial charge in [-0.25, -0.2) is 0 Å². The molecule has 0 radical (unpaired) electrons. The summed E-state index contributed by atoms with van der Waals surface area (Å²) in [4.78, 5) is 0. The fourth-order valence-electron chi connectivity index (χ4n) is 3.53. The van der Waals surface area contributed by atoms with Crippen molar-refractivity contribution in [2.75, 3.05) is 0 Å². The van der Waals surface area contributed by atoms with Gasteiger partial charge in [-0.05, 0) is 29.7 Å². The summed E-state index contributed by atoms with van der Waals surface area (Å²) in [6, 6.07) is 12.5. The second-order valence-electron chi connectivity index (χ2n) is 5.44. The van der Waals surface area contributed by atoms with Crippen LogP contribution in [0.5, 0.6) is 5.75 Å². The molecule has 2 atom stereocenters. The normalized spacial score (nSPS) is 29.7. The summed E-state index contributed by atoms with van der Waals surface area (Å²) < 4.78 is 5.86. The van der Waals surface area contributed by atoms with Crippen molar-refractivity contribution in [3.8, 4) is 5.75 Å². The van der Waals surface area contributed by atoms with Crippen molar-refractivity contribution in [3.63, 3.8) is 0 Å². The quantitative estimate of drug-likeness (QED) is 0.762. The highest BCUT2D eigenvalue weighted by atomic mass is 16.6. The summed E-state index contributed by atoms with van der Waals surface area (Å²) in [5.41, 5.74) is 1.22. The van der Waals surface area contributed by atoms with E-state index in [4.69, 9.17) is 4.74 Å². The van der Waals surface area contributed by atoms with E-state index in [-0.39, 0.29) is 5.92 Å². The highest BCUT2D eigenvalue weighted by molar-refractivity contribution is 5.89. The third-order valence-electron chi connectivity index (χ3n) is 4.39. The first kappa shape index (κ1) is 10.4. The van der Waals surface area contributed by atoms with E-state index in [0.29, 0.717) is 0 Å². The summed E-state index contributed by atoms with van der Waals surface area (Å²) in [5, 5.41) is 13.1. The first-order chi connectivity index (χ1) is 8.78. The Kier molecular flexibility index (Phi) is 2.01. The van der Waals surface area contributed by atoms with Gasteiger partial charge in [0.2, 0.25) is 5.79 Å². The Morgan fingerprint density at radius 1 is 1.11 bits per heavy atom. The molecule has 0 bridgehead atoms. The Bertz CT molecular complexity index is 620. The first-order valence-electron chi connectivity index (χ1n) is 6.71. The number of benzene rings is 2. The van der Waals surface area contributed by atoms with E-state index in [1.54, 1.807) is 0 Å². The number of aliphatic hydroxyl groups is 1. The summed E-state index contributed by atoms with van der Waals surface area (Å²) in [6.07, 6.45) is 4.01. The largest absolute Gasteiger partial charge is 0.462 e. The van der Waals surface area contributed by atoms with E-state index >= 15 is 0 Å². The molecule has 2 nitrogen and oxygen atoms in total. The van der Waals surface area contributed by atoms with Gasteiger partial charge in [0, 0.05) is 12.0 Å². The molecule has 2 aromatic rings. The molecule has 1 saturated carbocycles. The average molecular weight is 240 g/mol. The van der Waals surface area contributed by atoms with Gasteiger partial charge in [-0.1, -0.05) is 36.8 Å². The van der Waals surface area contributed by atoms with E-state index < -0.39 is 5.79 Å². The molecule has 18 heavy (non-hydrogen) atoms. The van der Waals surface area contributed by atoms with Crippen LogP contribution < -0.4 is 4.74 Å². The lowest BCUT2D eigenvalue weighted by Gasteiger charge is -2.33. The van der Waals surface area contributed by atoms with Gasteiger partial charge in [0.1, 0.15) is 5.75 Å². The predicted octanol–water partition coefficient (Wildman–Crippen LogP) is 3.58. The van der Waals surface area contributed by atoms with Gasteiger partial charge in [0.05, 0.1) is 5.92 Å². The molecule has 1 N–H and O–H groups in total. The Labute approximate surface area is 106 Å². The summed E-state index contributed by atoms with van der Waals surface area (Å²) in [7, 11) is 0. The molecule has 0 amide bonds. The van der Waals surface area contributed by atoms with Crippen LogP contribution in [0.1, 0.15) is 37.2 Å². The molecular weight excluding hydrogens is 224 g/mol. The van der Waals surface area contributed by atoms with Crippen LogP contribution in [0.15, 0.2) is 36.4 Å². The minimum absolute atomic E-state index is 0.146. The standard InChI is InChI=1S/C16H16O2/c17-16-10-4-3-7-13(16)15-12-6-2-1-5-11(12)8-9-14(15)18-16/h1-2,5-6,8-9,13,17H,3-4,7,10H2/t13-,16-/m0/s1. The molecule has 0 saturated heterocycles. The Morgan fingerprint density at radius 2 is 2.00 bits per heavy atom. The minimum Gasteiger partial charge on any atom is -0.462 e. The molecule has 2 heteroatoms. The zero-order valence-electron chi connectivity index (χ0n) is 10.2. The maximum absolute atomic E-state index is 10.7. The van der Waals surface area contributed by atoms with E-state index in [9.17, 15) is 5.11 Å². The Balaban J connectivity index is 1.99. The SMILES string of the molecule is O[C@]12CCCC[C@H]1c1c(ccc3ccccc13)O2. The first-order valence-corrected chi connectivity index (χ1v) is 6.71. The molecular formula is C16H16O2. The highest BCUT2D eigenvalue weighted by Crippen LogP contribution is 2.52. The maximum Gasteiger partial charge on any atom is 0.215 e. The smallest absolute Gasteiger partial charge is 0.215 e. The molecule has 1 heterocycles. The fourth-order valence-corrected chi connectivity index (χ4v) is 3.53. The van der Waals surface area contributed by atoms with Crippen molar-refractivity contribution < 1.29 is 9.84 Å². The highest BCUT2D eigenvalue weighted by Gasteiger charge is 2.48. The van der Waals surface area contributed by atoms with Gasteiger partial charge < -0.3 is 9.84 Å². The molecule has 0 aromatic heterocycles. The van der Waals surface area contributed by atoms with Crippen molar-refractivity contribution in [3.05, 3.63) is 42.0 Å². The molecule has 0 unspecified atom stereocenters. The molecule has 1 fully saturated rings. The third kappa shape index (κ3) is 1.27. The number of rotatable bonds is 0. The molecule has 0 spiro atoms. The van der Waals surface area contributed by atoms with E-state index in [0.717, 1.165) is 25.0 Å². The van der Waals surface area contributed by atoms with E-state index in [2.05, 4.69) is 30.3 Å². The third-order valence-corrected chi connectivity index (χ3v) is 4.39. The fraction of sp³-hybridized carbons (Fsp3) is 0.375. The summed E-state index contributed by atoms with van der Waals surface area (Å²) in [5.74, 6) is 0.0699. The van der Waals surface area contributed by atoms with Crippen LogP contribution in [0.25, 0.3) is 10.8 Å². The Hall–Kier alpha value is -1.54. The van der Waals surface area contributed by atoms with Crippen LogP contribution in [0.3, 0.4) is 0 Å². The van der Waals surface area contributed by atoms with Crippen molar-refractivity contribution in [2.24, 2.45) is 0 Å². The lowest BCUT2D eigenvalue weighted by Crippen LogP contribution is -2.40. The molecule has 1 aliphatic heterocycles. The monoisotopic (exact) mass is 240 g/mol. The summed E-state index contributed by atoms with van der Waals surface area (Å²) >= 11 is 0. The molecule has 1 aliphatic carbocycles. The van der Waals surface area contributed by atoms with Gasteiger partial charge in [-0.3, -0.25) is 0 Å². The Morgan fingerprint density at radius 3 is 2.94 bits per heavy atom. The van der Waals surface area contributed by atoms with Crippen LogP contribution in [0.2, 0.25) is 0 Å². The number of hydrogen-bond acceptors (Lipinski definition) is 2. The zero-order chi connectivity index (χ0) is 12.2. The second-order valence-corrected chi connectivity index (χ2v) is 5.44. The van der Waals surface area contributed by atoms with Crippen molar-refractivity contribution in [1.29, 1.82) is 0 Å². The van der Waals surface area contributed by atoms with E-state index in [1.165, 1.54) is 22.8 Å². The molecule has 4 rings (SSSR count). The molecule has 2 aliphatic rings. The predicted molar refractivity (Wildman–Crippen MR) is 70.7 cm³/mol. The minimum atomic E-state index is -0.954. The van der Waals surface area contributed by atoms with Crippen molar-refractivity contribution in [2.45, 2.75) is 37.4 Å². The zero-order valence-corrected chi connectivity index (χ0v) is 10.2. The van der Waals surface area contributed by atoms with Crippen LogP contribution in [0.4, 0.5) is 0 Å². The summed E-state index contributed by atoms with van der Waals surface area (Å²) in [6.45, 7) is 0. The van der Waals surface area contributed by atoms with Crippen LogP contribution >= 0.6 is 0 Å². The van der Waals surface area contributed by atoms with Crippen LogP contribution in [-0.2, 0) is 0 Å². The van der Waals surface area contributed by atoms with E-state index in [1.807, 2.05) is 6.07 Å². The number of hydrogen-bond donors (Lipinski definition) is 1. The average Bonchev–Trinajstić information content (AvgIpc) is 2.71. The van der Waals surface area contributed by atoms with Gasteiger partial charge in [-0.15, -0.1) is 0 Å². The number of ether oxygens (including phenoxy) is 1. The second kappa shape index (κ2) is 3.48. The maximum atomic E-state index is 10.7. The topological polar surface area (TPSA) is 29.5 Å². The number of fused-ring (bicyclic) bond motifs is 5. The molecule has 2 aromatic carbocycles.